The van der Waals surface area contributed by atoms with Gasteiger partial charge in [0.2, 0.25) is 0 Å². The molecule has 3 rings (SSSR count). The highest BCUT2D eigenvalue weighted by atomic mass is 17.2. The molecule has 10 heteroatoms. The number of nitrogens with zero attached hydrogens (tertiary/aromatic N) is 1. The zero-order valence-electron chi connectivity index (χ0n) is 11.6. The summed E-state index contributed by atoms with van der Waals surface area (Å²) in [5.74, 6) is 0. The van der Waals surface area contributed by atoms with E-state index in [1.54, 1.807) is 0 Å². The zero-order chi connectivity index (χ0) is 16.1. The highest BCUT2D eigenvalue weighted by Crippen LogP contribution is 2.27. The lowest BCUT2D eigenvalue weighted by Gasteiger charge is -2.16. The van der Waals surface area contributed by atoms with Gasteiger partial charge in [-0.15, -0.1) is 0 Å². The van der Waals surface area contributed by atoms with E-state index in [1.165, 1.54) is 0 Å². The Balaban J connectivity index is 0.000000299. The molecule has 0 spiro atoms. The van der Waals surface area contributed by atoms with E-state index in [4.69, 9.17) is 9.84 Å². The van der Waals surface area contributed by atoms with Gasteiger partial charge in [-0.3, -0.25) is 14.3 Å². The SMILES string of the molecule is C1COOC1.O=c1ccn([C@@H]2O[C@H](CO)[C@@H](O)[C@H]2O)c(=O)[nH]1. The maximum atomic E-state index is 11.4. The number of H-pyrrole nitrogens is 1. The average Bonchev–Trinajstić information content (AvgIpc) is 3.14. The van der Waals surface area contributed by atoms with Crippen LogP contribution in [0.5, 0.6) is 0 Å². The van der Waals surface area contributed by atoms with Crippen molar-refractivity contribution in [2.45, 2.75) is 31.0 Å². The molecular weight excluding hydrogens is 300 g/mol. The monoisotopic (exact) mass is 318 g/mol. The van der Waals surface area contributed by atoms with Crippen LogP contribution in [0.25, 0.3) is 0 Å². The summed E-state index contributed by atoms with van der Waals surface area (Å²) in [4.78, 5) is 33.2. The zero-order valence-corrected chi connectivity index (χ0v) is 11.6. The first-order valence-corrected chi connectivity index (χ1v) is 6.73. The number of aromatic nitrogens is 2. The highest BCUT2D eigenvalue weighted by molar-refractivity contribution is 4.92. The quantitative estimate of drug-likeness (QED) is 0.438. The first kappa shape index (κ1) is 16.8. The lowest BCUT2D eigenvalue weighted by atomic mass is 10.1. The van der Waals surface area contributed by atoms with Gasteiger partial charge in [-0.2, -0.15) is 0 Å². The van der Waals surface area contributed by atoms with E-state index in [0.717, 1.165) is 36.5 Å². The fourth-order valence-corrected chi connectivity index (χ4v) is 2.03. The summed E-state index contributed by atoms with van der Waals surface area (Å²) < 4.78 is 6.08. The van der Waals surface area contributed by atoms with Crippen LogP contribution in [0.4, 0.5) is 0 Å². The maximum Gasteiger partial charge on any atom is 0.330 e. The molecular formula is C12H18N2O8. The van der Waals surface area contributed by atoms with Crippen molar-refractivity contribution in [3.05, 3.63) is 33.1 Å². The van der Waals surface area contributed by atoms with Gasteiger partial charge in [0.05, 0.1) is 19.8 Å². The van der Waals surface area contributed by atoms with E-state index < -0.39 is 42.4 Å². The Bertz CT molecular complexity index is 573. The summed E-state index contributed by atoms with van der Waals surface area (Å²) in [6.45, 7) is 1.08. The second-order valence-electron chi connectivity index (χ2n) is 4.74. The molecule has 124 valence electrons. The molecule has 1 aromatic rings. The second-order valence-corrected chi connectivity index (χ2v) is 4.74. The van der Waals surface area contributed by atoms with E-state index >= 15 is 0 Å². The average molecular weight is 318 g/mol. The van der Waals surface area contributed by atoms with Gasteiger partial charge in [0, 0.05) is 18.7 Å². The maximum absolute atomic E-state index is 11.4. The molecule has 2 aliphatic rings. The van der Waals surface area contributed by atoms with Crippen molar-refractivity contribution in [1.82, 2.24) is 9.55 Å². The minimum Gasteiger partial charge on any atom is -0.394 e. The Labute approximate surface area is 124 Å². The first-order valence-electron chi connectivity index (χ1n) is 6.73. The van der Waals surface area contributed by atoms with Crippen LogP contribution in [0.1, 0.15) is 12.6 Å². The van der Waals surface area contributed by atoms with Gasteiger partial charge in [-0.1, -0.05) is 0 Å². The van der Waals surface area contributed by atoms with Gasteiger partial charge in [-0.05, 0) is 0 Å². The number of hydrogen-bond acceptors (Lipinski definition) is 8. The molecule has 0 amide bonds. The smallest absolute Gasteiger partial charge is 0.330 e. The summed E-state index contributed by atoms with van der Waals surface area (Å²) in [5.41, 5.74) is -1.33. The Morgan fingerprint density at radius 2 is 1.91 bits per heavy atom. The molecule has 2 saturated heterocycles. The molecule has 22 heavy (non-hydrogen) atoms. The summed E-state index contributed by atoms with van der Waals surface area (Å²) in [6, 6.07) is 1.09. The van der Waals surface area contributed by atoms with Crippen molar-refractivity contribution >= 4 is 0 Å². The third kappa shape index (κ3) is 3.80. The molecule has 0 aromatic carbocycles. The normalized spacial score (nSPS) is 30.9. The minimum absolute atomic E-state index is 0.479. The van der Waals surface area contributed by atoms with Crippen molar-refractivity contribution < 1.29 is 29.8 Å². The minimum atomic E-state index is -1.35. The molecule has 0 unspecified atom stereocenters. The van der Waals surface area contributed by atoms with Crippen LogP contribution in [-0.2, 0) is 14.5 Å². The number of nitrogens with one attached hydrogen (secondary N) is 1. The van der Waals surface area contributed by atoms with Crippen LogP contribution in [0.2, 0.25) is 0 Å². The van der Waals surface area contributed by atoms with Crippen LogP contribution in [0.3, 0.4) is 0 Å². The van der Waals surface area contributed by atoms with Crippen molar-refractivity contribution in [3.63, 3.8) is 0 Å². The Kier molecular flexibility index (Phi) is 5.83. The third-order valence-electron chi connectivity index (χ3n) is 3.18. The van der Waals surface area contributed by atoms with Gasteiger partial charge >= 0.3 is 5.69 Å². The van der Waals surface area contributed by atoms with Crippen LogP contribution >= 0.6 is 0 Å². The molecule has 0 aliphatic carbocycles. The number of aliphatic hydroxyl groups is 3. The fraction of sp³-hybridized carbons (Fsp3) is 0.667. The van der Waals surface area contributed by atoms with Crippen LogP contribution in [0, 0.1) is 0 Å². The number of ether oxygens (including phenoxy) is 1. The van der Waals surface area contributed by atoms with E-state index in [-0.39, 0.29) is 0 Å². The van der Waals surface area contributed by atoms with Gasteiger partial charge in [0.25, 0.3) is 5.56 Å². The number of aliphatic hydroxyl groups excluding tert-OH is 3. The van der Waals surface area contributed by atoms with Gasteiger partial charge in [0.15, 0.2) is 6.23 Å². The van der Waals surface area contributed by atoms with E-state index in [0.29, 0.717) is 0 Å². The lowest BCUT2D eigenvalue weighted by Crippen LogP contribution is -2.37. The van der Waals surface area contributed by atoms with Gasteiger partial charge in [-0.25, -0.2) is 14.6 Å². The molecule has 2 fully saturated rings. The van der Waals surface area contributed by atoms with Gasteiger partial charge < -0.3 is 20.1 Å². The standard InChI is InChI=1S/C9H12N2O6.C3H6O2/c12-3-4-6(14)7(15)8(17-4)11-2-1-5(13)10-9(11)16;1-2-4-5-3-1/h1-2,4,6-8,12,14-15H,3H2,(H,10,13,16);1-3H2/t4-,6-,7-,8-;/m1./s1. The third-order valence-corrected chi connectivity index (χ3v) is 3.18. The largest absolute Gasteiger partial charge is 0.394 e. The molecule has 0 saturated carbocycles. The Morgan fingerprint density at radius 1 is 1.23 bits per heavy atom. The van der Waals surface area contributed by atoms with Crippen LogP contribution < -0.4 is 11.2 Å². The molecule has 1 aromatic heterocycles. The molecule has 0 bridgehead atoms. The van der Waals surface area contributed by atoms with Crippen molar-refractivity contribution in [1.29, 1.82) is 0 Å². The van der Waals surface area contributed by atoms with E-state index in [9.17, 15) is 19.8 Å². The van der Waals surface area contributed by atoms with Gasteiger partial charge in [0.1, 0.15) is 18.3 Å². The summed E-state index contributed by atoms with van der Waals surface area (Å²) >= 11 is 0. The van der Waals surface area contributed by atoms with E-state index in [2.05, 4.69) is 9.78 Å². The number of rotatable bonds is 2. The fourth-order valence-electron chi connectivity index (χ4n) is 2.03. The summed E-state index contributed by atoms with van der Waals surface area (Å²) in [5, 5.41) is 28.1. The van der Waals surface area contributed by atoms with E-state index in [1.807, 2.05) is 4.98 Å². The number of aromatic amines is 1. The molecule has 3 heterocycles. The molecule has 2 aliphatic heterocycles. The topological polar surface area (TPSA) is 143 Å². The van der Waals surface area contributed by atoms with Crippen LogP contribution in [0.15, 0.2) is 21.9 Å². The highest BCUT2D eigenvalue weighted by Gasteiger charge is 2.43. The molecule has 10 nitrogen and oxygen atoms in total. The Morgan fingerprint density at radius 3 is 2.36 bits per heavy atom. The predicted molar refractivity (Wildman–Crippen MR) is 70.9 cm³/mol. The lowest BCUT2D eigenvalue weighted by molar-refractivity contribution is -0.248. The molecule has 4 N–H and O–H groups in total. The second kappa shape index (κ2) is 7.63. The van der Waals surface area contributed by atoms with Crippen molar-refractivity contribution in [3.8, 4) is 0 Å². The summed E-state index contributed by atoms with van der Waals surface area (Å²) in [7, 11) is 0. The molecule has 4 atom stereocenters. The van der Waals surface area contributed by atoms with Crippen LogP contribution in [-0.4, -0.2) is 63.0 Å². The van der Waals surface area contributed by atoms with Crippen molar-refractivity contribution in [2.24, 2.45) is 0 Å². The first-order chi connectivity index (χ1) is 10.5. The number of hydrogen-bond donors (Lipinski definition) is 4. The van der Waals surface area contributed by atoms with Crippen molar-refractivity contribution in [2.75, 3.05) is 19.8 Å². The molecule has 0 radical (unpaired) electrons. The summed E-state index contributed by atoms with van der Waals surface area (Å²) in [6.07, 6.45) is -2.53. The predicted octanol–water partition coefficient (Wildman–Crippen LogP) is -2.51. The Hall–Kier alpha value is -1.56.